The summed E-state index contributed by atoms with van der Waals surface area (Å²) in [5.41, 5.74) is 2.61. The van der Waals surface area contributed by atoms with E-state index in [1.54, 1.807) is 0 Å². The molecule has 0 radical (unpaired) electrons. The van der Waals surface area contributed by atoms with Crippen LogP contribution in [0, 0.1) is 10.8 Å². The Morgan fingerprint density at radius 2 is 1.88 bits per heavy atom. The van der Waals surface area contributed by atoms with Crippen molar-refractivity contribution in [1.82, 2.24) is 14.7 Å². The van der Waals surface area contributed by atoms with Crippen molar-refractivity contribution in [1.29, 1.82) is 5.41 Å². The lowest BCUT2D eigenvalue weighted by Crippen LogP contribution is -2.48. The molecule has 0 aromatic rings. The van der Waals surface area contributed by atoms with Crippen molar-refractivity contribution < 1.29 is 4.74 Å². The minimum Gasteiger partial charge on any atom is -0.379 e. The molecule has 0 bridgehead atoms. The van der Waals surface area contributed by atoms with E-state index >= 15 is 0 Å². The molecular formula is C20H38N4O. The molecule has 1 N–H and O–H groups in total. The molecule has 5 nitrogen and oxygen atoms in total. The molecule has 2 atom stereocenters. The van der Waals surface area contributed by atoms with Crippen LogP contribution in [0.3, 0.4) is 0 Å². The number of morpholine rings is 1. The van der Waals surface area contributed by atoms with Crippen molar-refractivity contribution in [2.45, 2.75) is 53.6 Å². The lowest BCUT2D eigenvalue weighted by molar-refractivity contribution is 0.0224. The van der Waals surface area contributed by atoms with Crippen LogP contribution < -0.4 is 0 Å². The Balaban J connectivity index is 3.33. The zero-order chi connectivity index (χ0) is 19.2. The Labute approximate surface area is 154 Å². The summed E-state index contributed by atoms with van der Waals surface area (Å²) in [5.74, 6) is 0. The third-order valence-electron chi connectivity index (χ3n) is 6.07. The molecule has 1 rings (SSSR count). The second kappa shape index (κ2) is 9.39. The summed E-state index contributed by atoms with van der Waals surface area (Å²) in [4.78, 5) is 6.74. The minimum absolute atomic E-state index is 0.0708. The van der Waals surface area contributed by atoms with Crippen molar-refractivity contribution in [3.05, 3.63) is 24.0 Å². The molecule has 1 unspecified atom stereocenters. The number of hydrogen-bond donors (Lipinski definition) is 1. The van der Waals surface area contributed by atoms with E-state index < -0.39 is 0 Å². The lowest BCUT2D eigenvalue weighted by Gasteiger charge is -2.44. The molecule has 25 heavy (non-hydrogen) atoms. The van der Waals surface area contributed by atoms with Crippen LogP contribution in [0.2, 0.25) is 0 Å². The Hall–Kier alpha value is -1.33. The van der Waals surface area contributed by atoms with Crippen molar-refractivity contribution in [3.63, 3.8) is 0 Å². The van der Waals surface area contributed by atoms with Crippen LogP contribution in [-0.2, 0) is 4.74 Å². The van der Waals surface area contributed by atoms with E-state index in [0.29, 0.717) is 6.04 Å². The second-order valence-corrected chi connectivity index (χ2v) is 7.50. The van der Waals surface area contributed by atoms with Crippen LogP contribution in [0.1, 0.15) is 41.5 Å². The smallest absolute Gasteiger partial charge is 0.0817 e. The first-order valence-electron chi connectivity index (χ1n) is 9.37. The van der Waals surface area contributed by atoms with Crippen molar-refractivity contribution in [2.75, 3.05) is 39.9 Å². The highest BCUT2D eigenvalue weighted by Gasteiger charge is 2.35. The highest BCUT2D eigenvalue weighted by atomic mass is 16.5. The van der Waals surface area contributed by atoms with Crippen LogP contribution in [0.25, 0.3) is 0 Å². The molecule has 1 aliphatic rings. The van der Waals surface area contributed by atoms with Gasteiger partial charge in [-0.3, -0.25) is 10.3 Å². The molecule has 0 aromatic carbocycles. The van der Waals surface area contributed by atoms with Gasteiger partial charge in [-0.1, -0.05) is 20.4 Å². The molecule has 1 aliphatic heterocycles. The first-order valence-corrected chi connectivity index (χ1v) is 9.37. The standard InChI is InChI=1S/C20H38N4O/c1-9-23(10-2)19(17(4)24-11-13-25-14-12-24)16(3)20(6,7)18(5)22(8)15-21/h9,15,17-18,21H,1,10-14H2,2-8H3/b19-16-,21-15?/t17?,18-/m1/s1. The van der Waals surface area contributed by atoms with Crippen LogP contribution in [-0.4, -0.2) is 73.0 Å². The van der Waals surface area contributed by atoms with Crippen LogP contribution in [0.4, 0.5) is 0 Å². The van der Waals surface area contributed by atoms with Gasteiger partial charge in [-0.15, -0.1) is 0 Å². The van der Waals surface area contributed by atoms with E-state index in [1.807, 2.05) is 18.1 Å². The molecule has 0 aromatic heterocycles. The van der Waals surface area contributed by atoms with Crippen LogP contribution >= 0.6 is 0 Å². The molecule has 144 valence electrons. The fourth-order valence-corrected chi connectivity index (χ4v) is 3.57. The predicted octanol–water partition coefficient (Wildman–Crippen LogP) is 3.40. The summed E-state index contributed by atoms with van der Waals surface area (Å²) in [5, 5.41) is 7.61. The van der Waals surface area contributed by atoms with Crippen molar-refractivity contribution in [3.8, 4) is 0 Å². The minimum atomic E-state index is -0.0708. The normalized spacial score (nSPS) is 19.6. The third kappa shape index (κ3) is 4.85. The molecule has 0 saturated carbocycles. The van der Waals surface area contributed by atoms with E-state index in [2.05, 4.69) is 57.9 Å². The van der Waals surface area contributed by atoms with Gasteiger partial charge in [-0.05, 0) is 39.5 Å². The van der Waals surface area contributed by atoms with Gasteiger partial charge in [0.05, 0.1) is 19.6 Å². The molecule has 0 aliphatic carbocycles. The number of likely N-dealkylation sites (N-methyl/N-ethyl adjacent to an activating group) is 1. The zero-order valence-corrected chi connectivity index (χ0v) is 17.3. The summed E-state index contributed by atoms with van der Waals surface area (Å²) >= 11 is 0. The molecule has 0 spiro atoms. The predicted molar refractivity (Wildman–Crippen MR) is 107 cm³/mol. The molecule has 1 fully saturated rings. The number of nitrogens with one attached hydrogen (secondary N) is 1. The molecule has 0 amide bonds. The summed E-state index contributed by atoms with van der Waals surface area (Å²) in [6.07, 6.45) is 3.35. The Kier molecular flexibility index (Phi) is 8.16. The van der Waals surface area contributed by atoms with E-state index in [4.69, 9.17) is 10.1 Å². The first-order chi connectivity index (χ1) is 11.7. The van der Waals surface area contributed by atoms with Gasteiger partial charge in [0.1, 0.15) is 0 Å². The quantitative estimate of drug-likeness (QED) is 0.511. The SMILES string of the molecule is C=CN(CC)/C(=C(/C)C(C)(C)[C@@H](C)N(C)C=N)C(C)N1CCOCC1. The second-order valence-electron chi connectivity index (χ2n) is 7.50. The van der Waals surface area contributed by atoms with Gasteiger partial charge in [0.15, 0.2) is 0 Å². The number of ether oxygens (including phenoxy) is 1. The van der Waals surface area contributed by atoms with Gasteiger partial charge in [-0.2, -0.15) is 0 Å². The highest BCUT2D eigenvalue weighted by Crippen LogP contribution is 2.37. The van der Waals surface area contributed by atoms with Gasteiger partial charge in [0, 0.05) is 49.9 Å². The maximum absolute atomic E-state index is 7.61. The number of nitrogens with zero attached hydrogens (tertiary/aromatic N) is 3. The van der Waals surface area contributed by atoms with E-state index in [1.165, 1.54) is 17.6 Å². The third-order valence-corrected chi connectivity index (χ3v) is 6.07. The lowest BCUT2D eigenvalue weighted by atomic mass is 9.76. The summed E-state index contributed by atoms with van der Waals surface area (Å²) in [6, 6.07) is 0.527. The van der Waals surface area contributed by atoms with Crippen LogP contribution in [0.5, 0.6) is 0 Å². The van der Waals surface area contributed by atoms with Crippen molar-refractivity contribution >= 4 is 6.34 Å². The Bertz CT molecular complexity index is 480. The van der Waals surface area contributed by atoms with Gasteiger partial charge >= 0.3 is 0 Å². The topological polar surface area (TPSA) is 42.8 Å². The average molecular weight is 351 g/mol. The maximum Gasteiger partial charge on any atom is 0.0817 e. The summed E-state index contributed by atoms with van der Waals surface area (Å²) in [7, 11) is 1.98. The largest absolute Gasteiger partial charge is 0.379 e. The fourth-order valence-electron chi connectivity index (χ4n) is 3.57. The van der Waals surface area contributed by atoms with E-state index in [0.717, 1.165) is 32.8 Å². The van der Waals surface area contributed by atoms with Crippen molar-refractivity contribution in [2.24, 2.45) is 5.41 Å². The van der Waals surface area contributed by atoms with Gasteiger partial charge in [0.2, 0.25) is 0 Å². The zero-order valence-electron chi connectivity index (χ0n) is 17.3. The average Bonchev–Trinajstić information content (AvgIpc) is 2.64. The molecule has 5 heteroatoms. The monoisotopic (exact) mass is 350 g/mol. The molecular weight excluding hydrogens is 312 g/mol. The Morgan fingerprint density at radius 3 is 2.32 bits per heavy atom. The van der Waals surface area contributed by atoms with Gasteiger partial charge in [0.25, 0.3) is 0 Å². The first kappa shape index (κ1) is 21.7. The van der Waals surface area contributed by atoms with E-state index in [9.17, 15) is 0 Å². The van der Waals surface area contributed by atoms with Gasteiger partial charge < -0.3 is 14.5 Å². The summed E-state index contributed by atoms with van der Waals surface area (Å²) < 4.78 is 5.53. The molecule has 1 heterocycles. The van der Waals surface area contributed by atoms with Gasteiger partial charge in [-0.25, -0.2) is 0 Å². The van der Waals surface area contributed by atoms with E-state index in [-0.39, 0.29) is 11.5 Å². The number of rotatable bonds is 9. The number of hydrogen-bond acceptors (Lipinski definition) is 4. The van der Waals surface area contributed by atoms with Crippen LogP contribution in [0.15, 0.2) is 24.0 Å². The Morgan fingerprint density at radius 1 is 1.32 bits per heavy atom. The maximum atomic E-state index is 7.61. The highest BCUT2D eigenvalue weighted by molar-refractivity contribution is 5.51. The molecule has 1 saturated heterocycles. The fraction of sp³-hybridized carbons (Fsp3) is 0.750. The summed E-state index contributed by atoms with van der Waals surface area (Å²) in [6.45, 7) is 21.9.